The first kappa shape index (κ1) is 10.9. The van der Waals surface area contributed by atoms with Gasteiger partial charge in [-0.15, -0.1) is 0 Å². The average molecular weight is 242 g/mol. The molecule has 1 aliphatic carbocycles. The number of hydrogen-bond donors (Lipinski definition) is 1. The smallest absolute Gasteiger partial charge is 0.0418 e. The van der Waals surface area contributed by atoms with Crippen LogP contribution < -0.4 is 10.2 Å². The number of nitrogens with one attached hydrogen (secondary N) is 1. The molecule has 1 saturated heterocycles. The van der Waals surface area contributed by atoms with E-state index in [1.165, 1.54) is 45.2 Å². The zero-order valence-corrected chi connectivity index (χ0v) is 11.0. The molecule has 2 fully saturated rings. The highest BCUT2D eigenvalue weighted by atomic mass is 15.2. The molecule has 0 aromatic heterocycles. The molecule has 1 aromatic carbocycles. The molecule has 2 heterocycles. The number of benzene rings is 1. The SMILES string of the molecule is c1cc(C2CCC2)c2c(c1)N1CCNCC1CC2. The van der Waals surface area contributed by atoms with Crippen LogP contribution >= 0.6 is 0 Å². The Morgan fingerprint density at radius 2 is 2.11 bits per heavy atom. The van der Waals surface area contributed by atoms with E-state index in [2.05, 4.69) is 28.4 Å². The molecule has 1 unspecified atom stereocenters. The number of fused-ring (bicyclic) bond motifs is 3. The van der Waals surface area contributed by atoms with Crippen molar-refractivity contribution in [3.05, 3.63) is 29.3 Å². The van der Waals surface area contributed by atoms with Gasteiger partial charge in [0, 0.05) is 31.4 Å². The molecule has 0 amide bonds. The molecular formula is C16H22N2. The van der Waals surface area contributed by atoms with Crippen molar-refractivity contribution in [1.82, 2.24) is 5.32 Å². The first-order chi connectivity index (χ1) is 8.93. The van der Waals surface area contributed by atoms with Crippen LogP contribution in [0.3, 0.4) is 0 Å². The van der Waals surface area contributed by atoms with Gasteiger partial charge in [-0.05, 0) is 48.8 Å². The van der Waals surface area contributed by atoms with E-state index in [9.17, 15) is 0 Å². The molecule has 2 nitrogen and oxygen atoms in total. The predicted octanol–water partition coefficient (Wildman–Crippen LogP) is 2.68. The molecule has 1 N–H and O–H groups in total. The molecule has 1 aromatic rings. The van der Waals surface area contributed by atoms with Crippen LogP contribution in [0.25, 0.3) is 0 Å². The third-order valence-electron chi connectivity index (χ3n) is 5.12. The third-order valence-corrected chi connectivity index (χ3v) is 5.12. The summed E-state index contributed by atoms with van der Waals surface area (Å²) in [4.78, 5) is 2.66. The van der Waals surface area contributed by atoms with E-state index in [0.29, 0.717) is 0 Å². The summed E-state index contributed by atoms with van der Waals surface area (Å²) < 4.78 is 0. The molecule has 1 saturated carbocycles. The van der Waals surface area contributed by atoms with E-state index in [-0.39, 0.29) is 0 Å². The summed E-state index contributed by atoms with van der Waals surface area (Å²) in [5, 5.41) is 3.53. The molecule has 1 atom stereocenters. The summed E-state index contributed by atoms with van der Waals surface area (Å²) in [6.45, 7) is 3.50. The van der Waals surface area contributed by atoms with E-state index in [4.69, 9.17) is 0 Å². The van der Waals surface area contributed by atoms with Crippen LogP contribution in [0.1, 0.15) is 42.7 Å². The minimum absolute atomic E-state index is 0.739. The normalized spacial score (nSPS) is 27.3. The Hall–Kier alpha value is -1.02. The van der Waals surface area contributed by atoms with Gasteiger partial charge in [0.2, 0.25) is 0 Å². The number of rotatable bonds is 1. The van der Waals surface area contributed by atoms with Crippen LogP contribution in [0.5, 0.6) is 0 Å². The monoisotopic (exact) mass is 242 g/mol. The molecule has 18 heavy (non-hydrogen) atoms. The number of nitrogens with zero attached hydrogens (tertiary/aromatic N) is 1. The van der Waals surface area contributed by atoms with Crippen LogP contribution in [0.15, 0.2) is 18.2 Å². The number of hydrogen-bond acceptors (Lipinski definition) is 2. The second kappa shape index (κ2) is 4.27. The van der Waals surface area contributed by atoms with Gasteiger partial charge >= 0.3 is 0 Å². The van der Waals surface area contributed by atoms with Crippen LogP contribution in [0.4, 0.5) is 5.69 Å². The first-order valence-electron chi connectivity index (χ1n) is 7.52. The van der Waals surface area contributed by atoms with Crippen molar-refractivity contribution in [3.8, 4) is 0 Å². The van der Waals surface area contributed by atoms with Crippen LogP contribution in [0, 0.1) is 0 Å². The Morgan fingerprint density at radius 1 is 1.17 bits per heavy atom. The number of piperazine rings is 1. The summed E-state index contributed by atoms with van der Waals surface area (Å²) in [7, 11) is 0. The summed E-state index contributed by atoms with van der Waals surface area (Å²) in [6, 6.07) is 7.78. The number of anilines is 1. The van der Waals surface area contributed by atoms with Crippen molar-refractivity contribution < 1.29 is 0 Å². The Morgan fingerprint density at radius 3 is 2.94 bits per heavy atom. The van der Waals surface area contributed by atoms with Crippen molar-refractivity contribution in [2.45, 2.75) is 44.1 Å². The fourth-order valence-corrected chi connectivity index (χ4v) is 3.88. The van der Waals surface area contributed by atoms with E-state index < -0.39 is 0 Å². The van der Waals surface area contributed by atoms with E-state index >= 15 is 0 Å². The van der Waals surface area contributed by atoms with Crippen molar-refractivity contribution in [2.75, 3.05) is 24.5 Å². The minimum atomic E-state index is 0.739. The van der Waals surface area contributed by atoms with Crippen LogP contribution in [0.2, 0.25) is 0 Å². The largest absolute Gasteiger partial charge is 0.366 e. The lowest BCUT2D eigenvalue weighted by Crippen LogP contribution is -2.53. The minimum Gasteiger partial charge on any atom is -0.366 e. The fraction of sp³-hybridized carbons (Fsp3) is 0.625. The second-order valence-corrected chi connectivity index (χ2v) is 6.06. The molecular weight excluding hydrogens is 220 g/mol. The topological polar surface area (TPSA) is 15.3 Å². The Balaban J connectivity index is 1.74. The average Bonchev–Trinajstić information content (AvgIpc) is 2.37. The lowest BCUT2D eigenvalue weighted by molar-refractivity contribution is 0.408. The van der Waals surface area contributed by atoms with E-state index in [1.54, 1.807) is 16.8 Å². The zero-order chi connectivity index (χ0) is 11.9. The Kier molecular flexibility index (Phi) is 2.58. The molecule has 2 heteroatoms. The summed E-state index contributed by atoms with van der Waals surface area (Å²) in [5.41, 5.74) is 4.91. The molecule has 3 aliphatic rings. The lowest BCUT2D eigenvalue weighted by atomic mass is 9.76. The van der Waals surface area contributed by atoms with Gasteiger partial charge in [0.25, 0.3) is 0 Å². The Labute approximate surface area is 109 Å². The van der Waals surface area contributed by atoms with Gasteiger partial charge in [-0.1, -0.05) is 18.6 Å². The van der Waals surface area contributed by atoms with Gasteiger partial charge in [-0.3, -0.25) is 0 Å². The van der Waals surface area contributed by atoms with Crippen LogP contribution in [-0.2, 0) is 6.42 Å². The third kappa shape index (κ3) is 1.58. The highest BCUT2D eigenvalue weighted by molar-refractivity contribution is 5.60. The highest BCUT2D eigenvalue weighted by Crippen LogP contribution is 2.43. The van der Waals surface area contributed by atoms with Crippen molar-refractivity contribution >= 4 is 5.69 Å². The first-order valence-corrected chi connectivity index (χ1v) is 7.52. The summed E-state index contributed by atoms with van der Waals surface area (Å²) >= 11 is 0. The fourth-order valence-electron chi connectivity index (χ4n) is 3.88. The maximum Gasteiger partial charge on any atom is 0.0418 e. The molecule has 0 radical (unpaired) electrons. The van der Waals surface area contributed by atoms with Gasteiger partial charge in [0.15, 0.2) is 0 Å². The molecule has 4 rings (SSSR count). The summed E-state index contributed by atoms with van der Waals surface area (Å²) in [5.74, 6) is 0.874. The second-order valence-electron chi connectivity index (χ2n) is 6.06. The van der Waals surface area contributed by atoms with Crippen molar-refractivity contribution in [1.29, 1.82) is 0 Å². The molecule has 0 bridgehead atoms. The Bertz CT molecular complexity index is 450. The maximum atomic E-state index is 3.53. The van der Waals surface area contributed by atoms with Crippen LogP contribution in [-0.4, -0.2) is 25.7 Å². The molecule has 0 spiro atoms. The quantitative estimate of drug-likeness (QED) is 0.814. The van der Waals surface area contributed by atoms with Crippen molar-refractivity contribution in [3.63, 3.8) is 0 Å². The maximum absolute atomic E-state index is 3.53. The van der Waals surface area contributed by atoms with Gasteiger partial charge < -0.3 is 10.2 Å². The summed E-state index contributed by atoms with van der Waals surface area (Å²) in [6.07, 6.45) is 6.90. The van der Waals surface area contributed by atoms with Gasteiger partial charge in [-0.25, -0.2) is 0 Å². The van der Waals surface area contributed by atoms with E-state index in [0.717, 1.165) is 18.5 Å². The molecule has 2 aliphatic heterocycles. The standard InChI is InChI=1S/C16H22N2/c1-3-12(4-1)14-5-2-6-16-15(14)8-7-13-11-17-9-10-18(13)16/h2,5-6,12-13,17H,1,3-4,7-11H2. The van der Waals surface area contributed by atoms with Gasteiger partial charge in [0.1, 0.15) is 0 Å². The zero-order valence-electron chi connectivity index (χ0n) is 11.0. The van der Waals surface area contributed by atoms with Gasteiger partial charge in [-0.2, -0.15) is 0 Å². The van der Waals surface area contributed by atoms with Crippen molar-refractivity contribution in [2.24, 2.45) is 0 Å². The highest BCUT2D eigenvalue weighted by Gasteiger charge is 2.31. The van der Waals surface area contributed by atoms with Gasteiger partial charge in [0.05, 0.1) is 0 Å². The van der Waals surface area contributed by atoms with E-state index in [1.807, 2.05) is 0 Å². The predicted molar refractivity (Wildman–Crippen MR) is 75.4 cm³/mol. The lowest BCUT2D eigenvalue weighted by Gasteiger charge is -2.44. The molecule has 96 valence electrons.